The molecule has 0 fully saturated rings. The van der Waals surface area contributed by atoms with Gasteiger partial charge in [-0.1, -0.05) is 0 Å². The molecule has 6 nitrogen and oxygen atoms in total. The summed E-state index contributed by atoms with van der Waals surface area (Å²) in [5.74, 6) is -1.46. The summed E-state index contributed by atoms with van der Waals surface area (Å²) in [5, 5.41) is 8.98. The summed E-state index contributed by atoms with van der Waals surface area (Å²) in [5.41, 5.74) is 0.896. The van der Waals surface area contributed by atoms with E-state index < -0.39 is 11.9 Å². The van der Waals surface area contributed by atoms with E-state index in [1.165, 1.54) is 13.2 Å². The lowest BCUT2D eigenvalue weighted by Crippen LogP contribution is -2.04. The second kappa shape index (κ2) is 4.25. The van der Waals surface area contributed by atoms with Crippen LogP contribution in [0.25, 0.3) is 5.65 Å². The molecule has 0 unspecified atom stereocenters. The lowest BCUT2D eigenvalue weighted by atomic mass is 10.3. The molecule has 2 heterocycles. The Kier molecular flexibility index (Phi) is 2.78. The predicted molar refractivity (Wildman–Crippen MR) is 57.9 cm³/mol. The van der Waals surface area contributed by atoms with Gasteiger partial charge in [-0.2, -0.15) is 0 Å². The first-order valence-corrected chi connectivity index (χ1v) is 4.88. The number of aromatic carboxylic acids is 1. The highest BCUT2D eigenvalue weighted by atomic mass is 16.5. The van der Waals surface area contributed by atoms with Gasteiger partial charge in [-0.05, 0) is 12.1 Å². The SMILES string of the molecule is COC(=O)Cc1cn2cccc(C(=O)O)c2n1. The molecular weight excluding hydrogens is 224 g/mol. The minimum atomic E-state index is -1.05. The van der Waals surface area contributed by atoms with Crippen LogP contribution < -0.4 is 0 Å². The van der Waals surface area contributed by atoms with E-state index in [9.17, 15) is 9.59 Å². The Morgan fingerprint density at radius 3 is 2.94 bits per heavy atom. The minimum absolute atomic E-state index is 0.0250. The van der Waals surface area contributed by atoms with Crippen LogP contribution in [0.2, 0.25) is 0 Å². The molecule has 0 aromatic carbocycles. The van der Waals surface area contributed by atoms with Crippen molar-refractivity contribution in [3.05, 3.63) is 35.8 Å². The van der Waals surface area contributed by atoms with E-state index in [2.05, 4.69) is 9.72 Å². The zero-order chi connectivity index (χ0) is 12.4. The Hall–Kier alpha value is -2.37. The van der Waals surface area contributed by atoms with Crippen molar-refractivity contribution in [3.8, 4) is 0 Å². The van der Waals surface area contributed by atoms with Crippen molar-refractivity contribution in [1.29, 1.82) is 0 Å². The molecule has 0 atom stereocenters. The van der Waals surface area contributed by atoms with Crippen LogP contribution in [0.3, 0.4) is 0 Å². The summed E-state index contributed by atoms with van der Waals surface area (Å²) in [4.78, 5) is 26.1. The third-order valence-corrected chi connectivity index (χ3v) is 2.32. The van der Waals surface area contributed by atoms with Gasteiger partial charge >= 0.3 is 11.9 Å². The predicted octanol–water partition coefficient (Wildman–Crippen LogP) is 0.748. The average molecular weight is 234 g/mol. The Morgan fingerprint density at radius 2 is 2.29 bits per heavy atom. The molecular formula is C11H10N2O4. The number of aromatic nitrogens is 2. The first-order chi connectivity index (χ1) is 8.11. The summed E-state index contributed by atoms with van der Waals surface area (Å²) in [6, 6.07) is 3.08. The Labute approximate surface area is 96.5 Å². The fourth-order valence-electron chi connectivity index (χ4n) is 1.54. The van der Waals surface area contributed by atoms with E-state index in [0.29, 0.717) is 11.3 Å². The number of hydrogen-bond donors (Lipinski definition) is 1. The quantitative estimate of drug-likeness (QED) is 0.792. The van der Waals surface area contributed by atoms with Crippen LogP contribution in [0.4, 0.5) is 0 Å². The second-order valence-corrected chi connectivity index (χ2v) is 3.44. The summed E-state index contributed by atoms with van der Waals surface area (Å²) < 4.78 is 6.09. The number of esters is 1. The van der Waals surface area contributed by atoms with Crippen LogP contribution >= 0.6 is 0 Å². The summed E-state index contributed by atoms with van der Waals surface area (Å²) in [7, 11) is 1.29. The van der Waals surface area contributed by atoms with Crippen molar-refractivity contribution in [1.82, 2.24) is 9.38 Å². The molecule has 0 amide bonds. The average Bonchev–Trinajstić information content (AvgIpc) is 2.70. The second-order valence-electron chi connectivity index (χ2n) is 3.44. The smallest absolute Gasteiger partial charge is 0.339 e. The van der Waals surface area contributed by atoms with Crippen molar-refractivity contribution >= 4 is 17.6 Å². The molecule has 2 aromatic heterocycles. The first kappa shape index (κ1) is 11.1. The van der Waals surface area contributed by atoms with E-state index in [4.69, 9.17) is 5.11 Å². The molecule has 6 heteroatoms. The van der Waals surface area contributed by atoms with E-state index in [1.54, 1.807) is 22.9 Å². The lowest BCUT2D eigenvalue weighted by molar-refractivity contribution is -0.139. The molecule has 0 aliphatic carbocycles. The molecule has 2 rings (SSSR count). The number of pyridine rings is 1. The highest BCUT2D eigenvalue weighted by Crippen LogP contribution is 2.11. The van der Waals surface area contributed by atoms with Crippen molar-refractivity contribution in [2.24, 2.45) is 0 Å². The maximum atomic E-state index is 11.1. The molecule has 0 saturated carbocycles. The number of nitrogens with zero attached hydrogens (tertiary/aromatic N) is 2. The number of imidazole rings is 1. The number of carboxylic acids is 1. The van der Waals surface area contributed by atoms with E-state index >= 15 is 0 Å². The molecule has 0 aliphatic heterocycles. The normalized spacial score (nSPS) is 10.4. The molecule has 0 radical (unpaired) electrons. The van der Waals surface area contributed by atoms with Gasteiger partial charge < -0.3 is 14.2 Å². The van der Waals surface area contributed by atoms with Crippen molar-refractivity contribution in [2.75, 3.05) is 7.11 Å². The van der Waals surface area contributed by atoms with E-state index in [1.807, 2.05) is 0 Å². The van der Waals surface area contributed by atoms with Gasteiger partial charge in [0.25, 0.3) is 0 Å². The number of carbonyl (C=O) groups is 2. The van der Waals surface area contributed by atoms with Crippen LogP contribution in [0, 0.1) is 0 Å². The van der Waals surface area contributed by atoms with E-state index in [-0.39, 0.29) is 12.0 Å². The van der Waals surface area contributed by atoms with Crippen molar-refractivity contribution in [3.63, 3.8) is 0 Å². The topological polar surface area (TPSA) is 80.9 Å². The molecule has 17 heavy (non-hydrogen) atoms. The largest absolute Gasteiger partial charge is 0.478 e. The highest BCUT2D eigenvalue weighted by molar-refractivity contribution is 5.94. The van der Waals surface area contributed by atoms with Crippen LogP contribution in [-0.2, 0) is 16.0 Å². The fourth-order valence-corrected chi connectivity index (χ4v) is 1.54. The molecule has 2 aromatic rings. The Morgan fingerprint density at radius 1 is 1.53 bits per heavy atom. The summed E-state index contributed by atoms with van der Waals surface area (Å²) in [6.45, 7) is 0. The summed E-state index contributed by atoms with van der Waals surface area (Å²) >= 11 is 0. The maximum absolute atomic E-state index is 11.1. The number of rotatable bonds is 3. The third-order valence-electron chi connectivity index (χ3n) is 2.32. The van der Waals surface area contributed by atoms with Crippen molar-refractivity contribution in [2.45, 2.75) is 6.42 Å². The molecule has 0 saturated heterocycles. The first-order valence-electron chi connectivity index (χ1n) is 4.88. The number of carboxylic acid groups (broad SMARTS) is 1. The van der Waals surface area contributed by atoms with Gasteiger partial charge in [-0.3, -0.25) is 4.79 Å². The van der Waals surface area contributed by atoms with Gasteiger partial charge in [0, 0.05) is 12.4 Å². The summed E-state index contributed by atoms with van der Waals surface area (Å²) in [6.07, 6.45) is 3.31. The van der Waals surface area contributed by atoms with Crippen LogP contribution in [0.1, 0.15) is 16.1 Å². The number of carbonyl (C=O) groups excluding carboxylic acids is 1. The van der Waals surface area contributed by atoms with Crippen LogP contribution in [-0.4, -0.2) is 33.5 Å². The highest BCUT2D eigenvalue weighted by Gasteiger charge is 2.13. The Bertz CT molecular complexity index is 588. The number of ether oxygens (including phenoxy) is 1. The van der Waals surface area contributed by atoms with Gasteiger partial charge in [0.05, 0.1) is 19.2 Å². The molecule has 0 aliphatic rings. The number of hydrogen-bond acceptors (Lipinski definition) is 4. The fraction of sp³-hybridized carbons (Fsp3) is 0.182. The third kappa shape index (κ3) is 2.10. The van der Waals surface area contributed by atoms with Gasteiger partial charge in [0.2, 0.25) is 0 Å². The van der Waals surface area contributed by atoms with E-state index in [0.717, 1.165) is 0 Å². The lowest BCUT2D eigenvalue weighted by Gasteiger charge is -1.96. The monoisotopic (exact) mass is 234 g/mol. The molecule has 0 spiro atoms. The van der Waals surface area contributed by atoms with Crippen LogP contribution in [0.15, 0.2) is 24.5 Å². The standard InChI is InChI=1S/C11H10N2O4/c1-17-9(14)5-7-6-13-4-2-3-8(11(15)16)10(13)12-7/h2-4,6H,5H2,1H3,(H,15,16). The van der Waals surface area contributed by atoms with Gasteiger partial charge in [-0.15, -0.1) is 0 Å². The Balaban J connectivity index is 2.46. The van der Waals surface area contributed by atoms with Gasteiger partial charge in [0.1, 0.15) is 5.56 Å². The number of fused-ring (bicyclic) bond motifs is 1. The van der Waals surface area contributed by atoms with Gasteiger partial charge in [0.15, 0.2) is 5.65 Å². The minimum Gasteiger partial charge on any atom is -0.478 e. The van der Waals surface area contributed by atoms with Crippen molar-refractivity contribution < 1.29 is 19.4 Å². The number of methoxy groups -OCH3 is 1. The van der Waals surface area contributed by atoms with Gasteiger partial charge in [-0.25, -0.2) is 9.78 Å². The van der Waals surface area contributed by atoms with Crippen LogP contribution in [0.5, 0.6) is 0 Å². The zero-order valence-electron chi connectivity index (χ0n) is 9.08. The molecule has 1 N–H and O–H groups in total. The molecule has 0 bridgehead atoms. The maximum Gasteiger partial charge on any atom is 0.339 e. The zero-order valence-corrected chi connectivity index (χ0v) is 9.08. The molecule has 88 valence electrons.